The number of methoxy groups -OCH3 is 2. The lowest BCUT2D eigenvalue weighted by Gasteiger charge is -2.09. The molecule has 1 aromatic carbocycles. The van der Waals surface area contributed by atoms with Crippen molar-refractivity contribution in [1.29, 1.82) is 0 Å². The van der Waals surface area contributed by atoms with Gasteiger partial charge in [-0.1, -0.05) is 11.3 Å². The van der Waals surface area contributed by atoms with Gasteiger partial charge in [0.05, 0.1) is 32.1 Å². The number of ether oxygens (including phenoxy) is 3. The Hall–Kier alpha value is -2.61. The van der Waals surface area contributed by atoms with Gasteiger partial charge in [-0.15, -0.1) is 0 Å². The van der Waals surface area contributed by atoms with Crippen LogP contribution >= 0.6 is 11.3 Å². The van der Waals surface area contributed by atoms with Gasteiger partial charge in [-0.25, -0.2) is 9.78 Å². The van der Waals surface area contributed by atoms with E-state index in [4.69, 9.17) is 14.2 Å². The summed E-state index contributed by atoms with van der Waals surface area (Å²) < 4.78 is 15.3. The van der Waals surface area contributed by atoms with Crippen LogP contribution in [0.2, 0.25) is 0 Å². The highest BCUT2D eigenvalue weighted by molar-refractivity contribution is 7.17. The van der Waals surface area contributed by atoms with Crippen molar-refractivity contribution in [2.75, 3.05) is 26.1 Å². The Labute approximate surface area is 143 Å². The number of aryl methyl sites for hydroxylation is 1. The van der Waals surface area contributed by atoms with E-state index in [2.05, 4.69) is 10.3 Å². The molecule has 7 nitrogen and oxygen atoms in total. The van der Waals surface area contributed by atoms with Crippen LogP contribution in [0.25, 0.3) is 0 Å². The Morgan fingerprint density at radius 3 is 2.62 bits per heavy atom. The second-order valence-electron chi connectivity index (χ2n) is 4.67. The van der Waals surface area contributed by atoms with Crippen LogP contribution in [-0.2, 0) is 4.74 Å². The van der Waals surface area contributed by atoms with E-state index in [1.807, 2.05) is 0 Å². The van der Waals surface area contributed by atoms with Crippen molar-refractivity contribution in [3.8, 4) is 11.5 Å². The zero-order valence-corrected chi connectivity index (χ0v) is 14.7. The quantitative estimate of drug-likeness (QED) is 0.806. The van der Waals surface area contributed by atoms with Crippen LogP contribution in [0, 0.1) is 6.92 Å². The predicted octanol–water partition coefficient (Wildman–Crippen LogP) is 2.90. The number of nitrogens with one attached hydrogen (secondary N) is 1. The third-order valence-corrected chi connectivity index (χ3v) is 4.18. The SMILES string of the molecule is CCOC(=O)c1sc(NC(=O)c2cc(OC)ccc2OC)nc1C. The second kappa shape index (κ2) is 7.78. The van der Waals surface area contributed by atoms with Gasteiger partial charge in [0.2, 0.25) is 0 Å². The van der Waals surface area contributed by atoms with Gasteiger partial charge < -0.3 is 14.2 Å². The largest absolute Gasteiger partial charge is 0.497 e. The van der Waals surface area contributed by atoms with Gasteiger partial charge in [-0.05, 0) is 32.0 Å². The number of thiazole rings is 1. The number of hydrogen-bond donors (Lipinski definition) is 1. The van der Waals surface area contributed by atoms with Crippen molar-refractivity contribution in [1.82, 2.24) is 4.98 Å². The molecule has 0 saturated carbocycles. The Kier molecular flexibility index (Phi) is 5.75. The van der Waals surface area contributed by atoms with E-state index in [0.717, 1.165) is 11.3 Å². The van der Waals surface area contributed by atoms with Gasteiger partial charge in [-0.3, -0.25) is 10.1 Å². The van der Waals surface area contributed by atoms with Crippen molar-refractivity contribution >= 4 is 28.3 Å². The molecule has 2 rings (SSSR count). The van der Waals surface area contributed by atoms with Gasteiger partial charge in [-0.2, -0.15) is 0 Å². The van der Waals surface area contributed by atoms with Gasteiger partial charge in [0.25, 0.3) is 5.91 Å². The fourth-order valence-corrected chi connectivity index (χ4v) is 2.85. The lowest BCUT2D eigenvalue weighted by molar-refractivity contribution is 0.0531. The zero-order valence-electron chi connectivity index (χ0n) is 13.8. The first-order chi connectivity index (χ1) is 11.5. The Morgan fingerprint density at radius 2 is 2.00 bits per heavy atom. The Morgan fingerprint density at radius 1 is 1.25 bits per heavy atom. The lowest BCUT2D eigenvalue weighted by Crippen LogP contribution is -2.13. The highest BCUT2D eigenvalue weighted by Crippen LogP contribution is 2.27. The molecule has 0 aliphatic heterocycles. The summed E-state index contributed by atoms with van der Waals surface area (Å²) in [5.74, 6) is 0.0811. The highest BCUT2D eigenvalue weighted by Gasteiger charge is 2.19. The van der Waals surface area contributed by atoms with E-state index in [1.165, 1.54) is 14.2 Å². The number of rotatable bonds is 6. The number of anilines is 1. The molecule has 1 amide bonds. The van der Waals surface area contributed by atoms with Crippen LogP contribution in [0.1, 0.15) is 32.6 Å². The standard InChI is InChI=1S/C16H18N2O5S/c1-5-23-15(20)13-9(2)17-16(24-13)18-14(19)11-8-10(21-3)6-7-12(11)22-4/h6-8H,5H2,1-4H3,(H,17,18,19). The number of carbonyl (C=O) groups is 2. The molecule has 1 N–H and O–H groups in total. The van der Waals surface area contributed by atoms with E-state index in [9.17, 15) is 9.59 Å². The van der Waals surface area contributed by atoms with Crippen molar-refractivity contribution < 1.29 is 23.8 Å². The summed E-state index contributed by atoms with van der Waals surface area (Å²) in [6.45, 7) is 3.69. The topological polar surface area (TPSA) is 86.8 Å². The molecule has 2 aromatic rings. The van der Waals surface area contributed by atoms with E-state index < -0.39 is 11.9 Å². The predicted molar refractivity (Wildman–Crippen MR) is 90.3 cm³/mol. The molecule has 8 heteroatoms. The Bertz CT molecular complexity index is 757. The third-order valence-electron chi connectivity index (χ3n) is 3.13. The first-order valence-corrected chi connectivity index (χ1v) is 7.99. The molecule has 0 spiro atoms. The summed E-state index contributed by atoms with van der Waals surface area (Å²) in [4.78, 5) is 28.9. The van der Waals surface area contributed by atoms with E-state index >= 15 is 0 Å². The summed E-state index contributed by atoms with van der Waals surface area (Å²) >= 11 is 1.06. The first kappa shape index (κ1) is 17.7. The fourth-order valence-electron chi connectivity index (χ4n) is 1.99. The maximum Gasteiger partial charge on any atom is 0.350 e. The number of esters is 1. The van der Waals surface area contributed by atoms with Crippen molar-refractivity contribution in [3.63, 3.8) is 0 Å². The maximum absolute atomic E-state index is 12.5. The summed E-state index contributed by atoms with van der Waals surface area (Å²) in [7, 11) is 2.99. The number of hydrogen-bond acceptors (Lipinski definition) is 7. The smallest absolute Gasteiger partial charge is 0.350 e. The van der Waals surface area contributed by atoms with E-state index in [0.29, 0.717) is 32.8 Å². The molecule has 0 saturated heterocycles. The molecule has 1 heterocycles. The minimum Gasteiger partial charge on any atom is -0.497 e. The second-order valence-corrected chi connectivity index (χ2v) is 5.67. The maximum atomic E-state index is 12.5. The van der Waals surface area contributed by atoms with E-state index in [1.54, 1.807) is 32.0 Å². The average Bonchev–Trinajstić information content (AvgIpc) is 2.94. The minimum absolute atomic E-state index is 0.277. The number of amides is 1. The van der Waals surface area contributed by atoms with Crippen LogP contribution in [0.5, 0.6) is 11.5 Å². The molecule has 0 atom stereocenters. The van der Waals surface area contributed by atoms with Crippen LogP contribution in [-0.4, -0.2) is 37.7 Å². The van der Waals surface area contributed by atoms with E-state index in [-0.39, 0.29) is 6.61 Å². The molecule has 0 bridgehead atoms. The summed E-state index contributed by atoms with van der Waals surface area (Å²) in [5.41, 5.74) is 0.814. The minimum atomic E-state index is -0.452. The van der Waals surface area contributed by atoms with Crippen LogP contribution < -0.4 is 14.8 Å². The number of aromatic nitrogens is 1. The van der Waals surface area contributed by atoms with Gasteiger partial charge in [0, 0.05) is 0 Å². The molecule has 1 aromatic heterocycles. The van der Waals surface area contributed by atoms with Crippen LogP contribution in [0.3, 0.4) is 0 Å². The molecule has 128 valence electrons. The number of carbonyl (C=O) groups excluding carboxylic acids is 2. The molecule has 24 heavy (non-hydrogen) atoms. The monoisotopic (exact) mass is 350 g/mol. The molecular weight excluding hydrogens is 332 g/mol. The fraction of sp³-hybridized carbons (Fsp3) is 0.312. The van der Waals surface area contributed by atoms with Crippen LogP contribution in [0.4, 0.5) is 5.13 Å². The molecule has 0 aliphatic rings. The summed E-state index contributed by atoms with van der Waals surface area (Å²) in [6.07, 6.45) is 0. The number of benzene rings is 1. The third kappa shape index (κ3) is 3.83. The molecule has 0 unspecified atom stereocenters. The number of nitrogens with zero attached hydrogens (tertiary/aromatic N) is 1. The Balaban J connectivity index is 2.24. The molecule has 0 fully saturated rings. The van der Waals surface area contributed by atoms with Gasteiger partial charge >= 0.3 is 5.97 Å². The average molecular weight is 350 g/mol. The molecule has 0 radical (unpaired) electrons. The summed E-state index contributed by atoms with van der Waals surface area (Å²) in [6, 6.07) is 4.91. The first-order valence-electron chi connectivity index (χ1n) is 7.18. The van der Waals surface area contributed by atoms with Crippen molar-refractivity contribution in [2.45, 2.75) is 13.8 Å². The highest BCUT2D eigenvalue weighted by atomic mass is 32.1. The lowest BCUT2D eigenvalue weighted by atomic mass is 10.2. The van der Waals surface area contributed by atoms with Crippen LogP contribution in [0.15, 0.2) is 18.2 Å². The zero-order chi connectivity index (χ0) is 17.7. The van der Waals surface area contributed by atoms with Gasteiger partial charge in [0.1, 0.15) is 16.4 Å². The summed E-state index contributed by atoms with van der Waals surface area (Å²) in [5, 5.41) is 2.98. The molecule has 0 aliphatic carbocycles. The molecular formula is C16H18N2O5S. The normalized spacial score (nSPS) is 10.2. The van der Waals surface area contributed by atoms with Gasteiger partial charge in [0.15, 0.2) is 5.13 Å². The van der Waals surface area contributed by atoms with Crippen molar-refractivity contribution in [2.24, 2.45) is 0 Å². The van der Waals surface area contributed by atoms with Crippen molar-refractivity contribution in [3.05, 3.63) is 34.3 Å².